The molecule has 0 radical (unpaired) electrons. The smallest absolute Gasteiger partial charge is 0.259 e. The van der Waals surface area contributed by atoms with Gasteiger partial charge in [0.1, 0.15) is 18.1 Å². The van der Waals surface area contributed by atoms with Gasteiger partial charge in [0.05, 0.1) is 35.6 Å². The lowest BCUT2D eigenvalue weighted by Crippen LogP contribution is -2.31. The summed E-state index contributed by atoms with van der Waals surface area (Å²) in [6, 6.07) is 4.56. The Bertz CT molecular complexity index is 1260. The highest BCUT2D eigenvalue weighted by atomic mass is 19.3. The Morgan fingerprint density at radius 3 is 2.76 bits per heavy atom. The zero-order chi connectivity index (χ0) is 19.8. The van der Waals surface area contributed by atoms with Gasteiger partial charge in [0.15, 0.2) is 5.65 Å². The predicted molar refractivity (Wildman–Crippen MR) is 95.8 cm³/mol. The van der Waals surface area contributed by atoms with E-state index in [1.54, 1.807) is 18.5 Å². The Kier molecular flexibility index (Phi) is 3.04. The van der Waals surface area contributed by atoms with Crippen LogP contribution in [0, 0.1) is 11.2 Å². The molecule has 1 aliphatic heterocycles. The quantitative estimate of drug-likeness (QED) is 0.559. The van der Waals surface area contributed by atoms with Crippen LogP contribution in [-0.4, -0.2) is 42.5 Å². The maximum Gasteiger partial charge on any atom is 0.259 e. The largest absolute Gasteiger partial charge is 0.476 e. The molecule has 0 aromatic carbocycles. The summed E-state index contributed by atoms with van der Waals surface area (Å²) < 4.78 is 48.6. The first kappa shape index (κ1) is 16.5. The molecular weight excluding hydrogens is 385 g/mol. The number of nitrogens with zero attached hydrogens (tertiary/aromatic N) is 5. The van der Waals surface area contributed by atoms with E-state index < -0.39 is 17.2 Å². The van der Waals surface area contributed by atoms with Crippen molar-refractivity contribution in [3.8, 4) is 28.4 Å². The van der Waals surface area contributed by atoms with Gasteiger partial charge in [-0.1, -0.05) is 0 Å². The number of pyridine rings is 2. The number of hydrogen-bond donors (Lipinski definition) is 1. The SMILES string of the molecule is Fc1ccc(-c2nn3c(c2-c2ccnc4[nH]ncc24)OC[C@@]2(C3)CC2(F)F)nc1. The van der Waals surface area contributed by atoms with Gasteiger partial charge >= 0.3 is 0 Å². The molecule has 0 bridgehead atoms. The number of hydrogen-bond acceptors (Lipinski definition) is 5. The average molecular weight is 398 g/mol. The summed E-state index contributed by atoms with van der Waals surface area (Å²) in [5.74, 6) is -2.86. The normalized spacial score (nSPS) is 21.9. The maximum atomic E-state index is 13.9. The zero-order valence-electron chi connectivity index (χ0n) is 14.9. The minimum Gasteiger partial charge on any atom is -0.476 e. The number of ether oxygens (including phenoxy) is 1. The summed E-state index contributed by atoms with van der Waals surface area (Å²) in [4.78, 5) is 8.37. The van der Waals surface area contributed by atoms with Crippen LogP contribution in [0.1, 0.15) is 6.42 Å². The van der Waals surface area contributed by atoms with Gasteiger partial charge in [-0.05, 0) is 18.2 Å². The fourth-order valence-electron chi connectivity index (χ4n) is 3.96. The van der Waals surface area contributed by atoms with Gasteiger partial charge in [0.25, 0.3) is 5.92 Å². The van der Waals surface area contributed by atoms with E-state index in [4.69, 9.17) is 4.74 Å². The molecule has 4 aromatic heterocycles. The Hall–Kier alpha value is -3.43. The molecule has 1 N–H and O–H groups in total. The molecule has 1 aliphatic carbocycles. The van der Waals surface area contributed by atoms with Gasteiger partial charge in [-0.3, -0.25) is 10.1 Å². The predicted octanol–water partition coefficient (Wildman–Crippen LogP) is 3.44. The number of alkyl halides is 2. The van der Waals surface area contributed by atoms with Crippen molar-refractivity contribution < 1.29 is 17.9 Å². The summed E-state index contributed by atoms with van der Waals surface area (Å²) in [5, 5.41) is 12.1. The highest BCUT2D eigenvalue weighted by Gasteiger charge is 2.73. The molecule has 146 valence electrons. The van der Waals surface area contributed by atoms with Gasteiger partial charge in [-0.25, -0.2) is 22.8 Å². The van der Waals surface area contributed by atoms with E-state index in [1.165, 1.54) is 16.8 Å². The van der Waals surface area contributed by atoms with Crippen LogP contribution in [0.2, 0.25) is 0 Å². The molecular formula is C19H13F3N6O. The number of H-pyrrole nitrogens is 1. The topological polar surface area (TPSA) is 81.5 Å². The lowest BCUT2D eigenvalue weighted by atomic mass is 10.0. The molecule has 4 aromatic rings. The van der Waals surface area contributed by atoms with Crippen LogP contribution in [-0.2, 0) is 6.54 Å². The van der Waals surface area contributed by atoms with Gasteiger partial charge in [0.2, 0.25) is 5.88 Å². The van der Waals surface area contributed by atoms with Crippen LogP contribution < -0.4 is 4.74 Å². The third-order valence-electron chi connectivity index (χ3n) is 5.65. The monoisotopic (exact) mass is 398 g/mol. The summed E-state index contributed by atoms with van der Waals surface area (Å²) >= 11 is 0. The molecule has 0 saturated heterocycles. The van der Waals surface area contributed by atoms with E-state index >= 15 is 0 Å². The average Bonchev–Trinajstić information content (AvgIpc) is 3.09. The molecule has 0 unspecified atom stereocenters. The third kappa shape index (κ3) is 2.25. The molecule has 10 heteroatoms. The van der Waals surface area contributed by atoms with Gasteiger partial charge < -0.3 is 4.74 Å². The van der Waals surface area contributed by atoms with Crippen molar-refractivity contribution in [3.05, 3.63) is 42.6 Å². The second-order valence-electron chi connectivity index (χ2n) is 7.49. The minimum absolute atomic E-state index is 0.0448. The van der Waals surface area contributed by atoms with E-state index in [0.717, 1.165) is 17.1 Å². The third-order valence-corrected chi connectivity index (χ3v) is 5.65. The van der Waals surface area contributed by atoms with Crippen molar-refractivity contribution in [2.45, 2.75) is 18.9 Å². The molecule has 29 heavy (non-hydrogen) atoms. The van der Waals surface area contributed by atoms with Crippen molar-refractivity contribution in [1.29, 1.82) is 0 Å². The van der Waals surface area contributed by atoms with Crippen molar-refractivity contribution in [2.75, 3.05) is 6.61 Å². The van der Waals surface area contributed by atoms with Gasteiger partial charge in [-0.15, -0.1) is 0 Å². The summed E-state index contributed by atoms with van der Waals surface area (Å²) in [7, 11) is 0. The molecule has 0 amide bonds. The first-order chi connectivity index (χ1) is 14.0. The number of fused-ring (bicyclic) bond motifs is 2. The first-order valence-electron chi connectivity index (χ1n) is 8.99. The Balaban J connectivity index is 1.59. The number of aromatic amines is 1. The molecule has 1 spiro atoms. The van der Waals surface area contributed by atoms with Crippen LogP contribution >= 0.6 is 0 Å². The molecule has 6 rings (SSSR count). The highest BCUT2D eigenvalue weighted by Crippen LogP contribution is 2.63. The Morgan fingerprint density at radius 1 is 1.14 bits per heavy atom. The van der Waals surface area contributed by atoms with E-state index in [1.807, 2.05) is 0 Å². The van der Waals surface area contributed by atoms with E-state index in [0.29, 0.717) is 28.5 Å². The Labute approximate surface area is 161 Å². The molecule has 1 fully saturated rings. The molecule has 1 saturated carbocycles. The van der Waals surface area contributed by atoms with Crippen LogP contribution in [0.3, 0.4) is 0 Å². The van der Waals surface area contributed by atoms with Crippen LogP contribution in [0.25, 0.3) is 33.5 Å². The van der Waals surface area contributed by atoms with Crippen molar-refractivity contribution in [1.82, 2.24) is 29.9 Å². The molecule has 7 nitrogen and oxygen atoms in total. The zero-order valence-corrected chi connectivity index (χ0v) is 14.9. The summed E-state index contributed by atoms with van der Waals surface area (Å²) in [6.45, 7) is -0.0439. The number of rotatable bonds is 2. The van der Waals surface area contributed by atoms with Crippen molar-refractivity contribution >= 4 is 11.0 Å². The lowest BCUT2D eigenvalue weighted by Gasteiger charge is -2.24. The number of halogens is 3. The first-order valence-corrected chi connectivity index (χ1v) is 8.99. The van der Waals surface area contributed by atoms with E-state index in [2.05, 4.69) is 25.3 Å². The maximum absolute atomic E-state index is 13.9. The van der Waals surface area contributed by atoms with Gasteiger partial charge in [-0.2, -0.15) is 10.2 Å². The number of nitrogens with one attached hydrogen (secondary N) is 1. The molecule has 5 heterocycles. The minimum atomic E-state index is -2.76. The van der Waals surface area contributed by atoms with Crippen LogP contribution in [0.4, 0.5) is 13.2 Å². The van der Waals surface area contributed by atoms with E-state index in [-0.39, 0.29) is 19.6 Å². The van der Waals surface area contributed by atoms with Crippen molar-refractivity contribution in [3.63, 3.8) is 0 Å². The van der Waals surface area contributed by atoms with Crippen LogP contribution in [0.5, 0.6) is 5.88 Å². The molecule has 2 aliphatic rings. The fourth-order valence-corrected chi connectivity index (χ4v) is 3.96. The fraction of sp³-hybridized carbons (Fsp3) is 0.263. The highest BCUT2D eigenvalue weighted by molar-refractivity contribution is 5.98. The summed E-state index contributed by atoms with van der Waals surface area (Å²) in [5.41, 5.74) is 1.51. The second-order valence-corrected chi connectivity index (χ2v) is 7.49. The molecule has 1 atom stereocenters. The van der Waals surface area contributed by atoms with Gasteiger partial charge in [0, 0.05) is 23.6 Å². The van der Waals surface area contributed by atoms with Crippen LogP contribution in [0.15, 0.2) is 36.8 Å². The lowest BCUT2D eigenvalue weighted by molar-refractivity contribution is 0.0154. The van der Waals surface area contributed by atoms with Crippen molar-refractivity contribution in [2.24, 2.45) is 5.41 Å². The number of aromatic nitrogens is 6. The standard InChI is InChI=1S/C19H13F3N6O/c20-10-1-2-13(24-5-10)15-14(11-3-4-23-16-12(11)6-25-26-16)17-28(27-15)8-18(9-29-17)7-19(18,21)22/h1-6H,7-9H2,(H,23,25,26)/t18-/m0/s1. The summed E-state index contributed by atoms with van der Waals surface area (Å²) in [6.07, 6.45) is 4.11. The second kappa shape index (κ2) is 5.34. The van der Waals surface area contributed by atoms with E-state index in [9.17, 15) is 13.2 Å². The Morgan fingerprint density at radius 2 is 2.00 bits per heavy atom.